The van der Waals surface area contributed by atoms with Crippen LogP contribution in [-0.2, 0) is 0 Å². The minimum atomic E-state index is -0.388. The maximum atomic E-state index is 13.3. The summed E-state index contributed by atoms with van der Waals surface area (Å²) in [6.07, 6.45) is 1.93. The molecule has 0 spiro atoms. The SMILES string of the molecule is Cc1ccc(F)cc1NC(=O)c1nnn(C2CCNCC2)c1C.Cl. The molecule has 1 fully saturated rings. The van der Waals surface area contributed by atoms with E-state index in [0.29, 0.717) is 5.69 Å². The molecular weight excluding hydrogens is 333 g/mol. The maximum absolute atomic E-state index is 13.3. The summed E-state index contributed by atoms with van der Waals surface area (Å²) >= 11 is 0. The molecular formula is C16H21ClFN5O. The second-order valence-electron chi connectivity index (χ2n) is 5.86. The monoisotopic (exact) mass is 353 g/mol. The number of nitrogens with one attached hydrogen (secondary N) is 2. The van der Waals surface area contributed by atoms with Crippen molar-refractivity contribution in [1.82, 2.24) is 20.3 Å². The average molecular weight is 354 g/mol. The van der Waals surface area contributed by atoms with Gasteiger partial charge in [0.25, 0.3) is 5.91 Å². The van der Waals surface area contributed by atoms with Crippen molar-refractivity contribution in [2.45, 2.75) is 32.7 Å². The first kappa shape index (κ1) is 18.4. The van der Waals surface area contributed by atoms with E-state index in [2.05, 4.69) is 20.9 Å². The predicted octanol–water partition coefficient (Wildman–Crippen LogP) is 2.63. The van der Waals surface area contributed by atoms with E-state index in [4.69, 9.17) is 0 Å². The molecule has 0 bridgehead atoms. The Morgan fingerprint density at radius 2 is 2.04 bits per heavy atom. The number of rotatable bonds is 3. The van der Waals surface area contributed by atoms with Gasteiger partial charge < -0.3 is 10.6 Å². The third kappa shape index (κ3) is 3.73. The van der Waals surface area contributed by atoms with Gasteiger partial charge in [-0.3, -0.25) is 4.79 Å². The van der Waals surface area contributed by atoms with E-state index in [9.17, 15) is 9.18 Å². The molecule has 1 aromatic carbocycles. The van der Waals surface area contributed by atoms with Crippen LogP contribution in [0.4, 0.5) is 10.1 Å². The van der Waals surface area contributed by atoms with Gasteiger partial charge in [-0.15, -0.1) is 17.5 Å². The van der Waals surface area contributed by atoms with Crippen LogP contribution < -0.4 is 10.6 Å². The van der Waals surface area contributed by atoms with Crippen molar-refractivity contribution in [3.05, 3.63) is 41.0 Å². The second kappa shape index (κ2) is 7.72. The van der Waals surface area contributed by atoms with Crippen LogP contribution in [0, 0.1) is 19.7 Å². The molecule has 3 rings (SSSR count). The molecule has 1 saturated heterocycles. The molecule has 1 aliphatic heterocycles. The Bertz CT molecular complexity index is 727. The Hall–Kier alpha value is -1.99. The molecule has 6 nitrogen and oxygen atoms in total. The van der Waals surface area contributed by atoms with Gasteiger partial charge in [0, 0.05) is 5.69 Å². The Morgan fingerprint density at radius 1 is 1.33 bits per heavy atom. The fourth-order valence-electron chi connectivity index (χ4n) is 2.86. The van der Waals surface area contributed by atoms with E-state index in [1.54, 1.807) is 6.07 Å². The number of nitrogens with zero attached hydrogens (tertiary/aromatic N) is 3. The van der Waals surface area contributed by atoms with Crippen molar-refractivity contribution in [1.29, 1.82) is 0 Å². The Kier molecular flexibility index (Phi) is 5.90. The van der Waals surface area contributed by atoms with Crippen LogP contribution in [0.5, 0.6) is 0 Å². The number of halogens is 2. The van der Waals surface area contributed by atoms with Gasteiger partial charge in [-0.1, -0.05) is 11.3 Å². The van der Waals surface area contributed by atoms with Crippen LogP contribution in [0.2, 0.25) is 0 Å². The lowest BCUT2D eigenvalue weighted by Gasteiger charge is -2.23. The zero-order valence-electron chi connectivity index (χ0n) is 13.7. The highest BCUT2D eigenvalue weighted by Crippen LogP contribution is 2.21. The van der Waals surface area contributed by atoms with Gasteiger partial charge >= 0.3 is 0 Å². The van der Waals surface area contributed by atoms with Crippen molar-refractivity contribution in [2.75, 3.05) is 18.4 Å². The number of hydrogen-bond donors (Lipinski definition) is 2. The summed E-state index contributed by atoms with van der Waals surface area (Å²) in [5.74, 6) is -0.752. The first-order valence-electron chi connectivity index (χ1n) is 7.76. The molecule has 1 aliphatic rings. The molecule has 130 valence electrons. The van der Waals surface area contributed by atoms with E-state index in [-0.39, 0.29) is 35.9 Å². The minimum Gasteiger partial charge on any atom is -0.320 e. The highest BCUT2D eigenvalue weighted by Gasteiger charge is 2.23. The summed E-state index contributed by atoms with van der Waals surface area (Å²) in [4.78, 5) is 12.4. The lowest BCUT2D eigenvalue weighted by atomic mass is 10.1. The maximum Gasteiger partial charge on any atom is 0.278 e. The van der Waals surface area contributed by atoms with Gasteiger partial charge in [0.2, 0.25) is 0 Å². The van der Waals surface area contributed by atoms with Crippen LogP contribution in [0.25, 0.3) is 0 Å². The van der Waals surface area contributed by atoms with Crippen LogP contribution in [0.15, 0.2) is 18.2 Å². The number of carbonyl (C=O) groups excluding carboxylic acids is 1. The summed E-state index contributed by atoms with van der Waals surface area (Å²) in [6.45, 7) is 5.53. The van der Waals surface area contributed by atoms with Gasteiger partial charge in [0.1, 0.15) is 5.82 Å². The summed E-state index contributed by atoms with van der Waals surface area (Å²) in [5.41, 5.74) is 2.27. The summed E-state index contributed by atoms with van der Waals surface area (Å²) in [5, 5.41) is 14.2. The van der Waals surface area contributed by atoms with E-state index in [0.717, 1.165) is 37.2 Å². The zero-order valence-corrected chi connectivity index (χ0v) is 14.5. The lowest BCUT2D eigenvalue weighted by molar-refractivity contribution is 0.102. The number of carbonyl (C=O) groups is 1. The van der Waals surface area contributed by atoms with Gasteiger partial charge in [0.05, 0.1) is 11.7 Å². The smallest absolute Gasteiger partial charge is 0.278 e. The van der Waals surface area contributed by atoms with Gasteiger partial charge in [0.15, 0.2) is 5.69 Å². The zero-order chi connectivity index (χ0) is 16.4. The number of anilines is 1. The molecule has 2 heterocycles. The van der Waals surface area contributed by atoms with E-state index in [1.807, 2.05) is 18.5 Å². The van der Waals surface area contributed by atoms with Crippen molar-refractivity contribution < 1.29 is 9.18 Å². The molecule has 24 heavy (non-hydrogen) atoms. The van der Waals surface area contributed by atoms with Crippen molar-refractivity contribution >= 4 is 24.0 Å². The first-order valence-corrected chi connectivity index (χ1v) is 7.76. The van der Waals surface area contributed by atoms with Crippen LogP contribution in [-0.4, -0.2) is 34.0 Å². The van der Waals surface area contributed by atoms with E-state index >= 15 is 0 Å². The third-order valence-corrected chi connectivity index (χ3v) is 4.24. The van der Waals surface area contributed by atoms with E-state index in [1.165, 1.54) is 12.1 Å². The molecule has 2 N–H and O–H groups in total. The first-order chi connectivity index (χ1) is 11.1. The molecule has 0 unspecified atom stereocenters. The van der Waals surface area contributed by atoms with E-state index < -0.39 is 0 Å². The van der Waals surface area contributed by atoms with Crippen LogP contribution >= 0.6 is 12.4 Å². The van der Waals surface area contributed by atoms with Crippen molar-refractivity contribution in [2.24, 2.45) is 0 Å². The minimum absolute atomic E-state index is 0. The molecule has 0 atom stereocenters. The quantitative estimate of drug-likeness (QED) is 0.889. The number of piperidine rings is 1. The largest absolute Gasteiger partial charge is 0.320 e. The lowest BCUT2D eigenvalue weighted by Crippen LogP contribution is -2.30. The Balaban J connectivity index is 0.00000208. The fraction of sp³-hybridized carbons (Fsp3) is 0.438. The van der Waals surface area contributed by atoms with Gasteiger partial charge in [-0.2, -0.15) is 0 Å². The average Bonchev–Trinajstić information content (AvgIpc) is 2.93. The molecule has 1 amide bonds. The number of aryl methyl sites for hydroxylation is 1. The highest BCUT2D eigenvalue weighted by atomic mass is 35.5. The molecule has 8 heteroatoms. The van der Waals surface area contributed by atoms with Crippen LogP contribution in [0.3, 0.4) is 0 Å². The molecule has 0 saturated carbocycles. The summed E-state index contributed by atoms with van der Waals surface area (Å²) < 4.78 is 15.2. The van der Waals surface area contributed by atoms with Crippen molar-refractivity contribution in [3.63, 3.8) is 0 Å². The fourth-order valence-corrected chi connectivity index (χ4v) is 2.86. The number of aromatic nitrogens is 3. The number of amides is 1. The highest BCUT2D eigenvalue weighted by molar-refractivity contribution is 6.03. The molecule has 1 aromatic heterocycles. The molecule has 2 aromatic rings. The molecule has 0 radical (unpaired) electrons. The number of benzene rings is 1. The number of hydrogen-bond acceptors (Lipinski definition) is 4. The molecule has 0 aliphatic carbocycles. The topological polar surface area (TPSA) is 71.8 Å². The Morgan fingerprint density at radius 3 is 2.75 bits per heavy atom. The van der Waals surface area contributed by atoms with Crippen LogP contribution in [0.1, 0.15) is 40.6 Å². The summed E-state index contributed by atoms with van der Waals surface area (Å²) in [6, 6.07) is 4.56. The Labute approximate surface area is 146 Å². The standard InChI is InChI=1S/C16H20FN5O.ClH/c1-10-3-4-12(17)9-14(10)19-16(23)15-11(2)22(21-20-15)13-5-7-18-8-6-13;/h3-4,9,13,18H,5-8H2,1-2H3,(H,19,23);1H. The predicted molar refractivity (Wildman–Crippen MR) is 92.2 cm³/mol. The second-order valence-corrected chi connectivity index (χ2v) is 5.86. The van der Waals surface area contributed by atoms with Gasteiger partial charge in [-0.05, 0) is 57.5 Å². The van der Waals surface area contributed by atoms with Gasteiger partial charge in [-0.25, -0.2) is 9.07 Å². The normalized spacial score (nSPS) is 15.0. The summed E-state index contributed by atoms with van der Waals surface area (Å²) in [7, 11) is 0. The third-order valence-electron chi connectivity index (χ3n) is 4.24. The van der Waals surface area contributed by atoms with Crippen molar-refractivity contribution in [3.8, 4) is 0 Å².